The van der Waals surface area contributed by atoms with Gasteiger partial charge in [0, 0.05) is 18.1 Å². The maximum atomic E-state index is 12.4. The number of carboxylic acids is 1. The summed E-state index contributed by atoms with van der Waals surface area (Å²) in [7, 11) is -3.77. The maximum Gasteiger partial charge on any atom is 0.310 e. The Morgan fingerprint density at radius 1 is 1.30 bits per heavy atom. The predicted molar refractivity (Wildman–Crippen MR) is 72.0 cm³/mol. The summed E-state index contributed by atoms with van der Waals surface area (Å²) in [5.74, 6) is -2.31. The third-order valence-electron chi connectivity index (χ3n) is 3.31. The molecule has 0 unspecified atom stereocenters. The van der Waals surface area contributed by atoms with Crippen molar-refractivity contribution in [1.82, 2.24) is 4.31 Å². The van der Waals surface area contributed by atoms with Crippen LogP contribution in [0.1, 0.15) is 6.42 Å². The number of hydrogen-bond donors (Lipinski definition) is 2. The molecule has 2 rings (SSSR count). The van der Waals surface area contributed by atoms with E-state index in [1.807, 2.05) is 0 Å². The van der Waals surface area contributed by atoms with Crippen molar-refractivity contribution in [1.29, 1.82) is 0 Å². The Bertz CT molecular complexity index is 601. The Hall–Kier alpha value is -1.15. The quantitative estimate of drug-likeness (QED) is 0.859. The van der Waals surface area contributed by atoms with Crippen LogP contribution in [-0.4, -0.2) is 48.1 Å². The summed E-state index contributed by atoms with van der Waals surface area (Å²) in [5, 5.41) is 19.0. The van der Waals surface area contributed by atoms with Crippen molar-refractivity contribution >= 4 is 27.6 Å². The summed E-state index contributed by atoms with van der Waals surface area (Å²) in [5.41, 5.74) is 0. The molecule has 0 aliphatic carbocycles. The number of benzene rings is 1. The number of rotatable bonds is 3. The van der Waals surface area contributed by atoms with Crippen LogP contribution in [0.25, 0.3) is 0 Å². The summed E-state index contributed by atoms with van der Waals surface area (Å²) in [6.45, 7) is -0.142. The Labute approximate surface area is 121 Å². The second-order valence-corrected chi connectivity index (χ2v) is 6.99. The highest BCUT2D eigenvalue weighted by Gasteiger charge is 2.38. The molecule has 1 saturated heterocycles. The lowest BCUT2D eigenvalue weighted by Crippen LogP contribution is -2.48. The van der Waals surface area contributed by atoms with Gasteiger partial charge in [-0.1, -0.05) is 11.6 Å². The lowest BCUT2D eigenvalue weighted by molar-refractivity contribution is -0.147. The second kappa shape index (κ2) is 5.69. The molecule has 8 heteroatoms. The molecule has 2 N–H and O–H groups in total. The van der Waals surface area contributed by atoms with Gasteiger partial charge in [-0.25, -0.2) is 8.42 Å². The van der Waals surface area contributed by atoms with Gasteiger partial charge in [0.1, 0.15) is 0 Å². The third-order valence-corrected chi connectivity index (χ3v) is 5.44. The lowest BCUT2D eigenvalue weighted by atomic mass is 9.96. The first-order valence-corrected chi connectivity index (χ1v) is 7.81. The van der Waals surface area contributed by atoms with Gasteiger partial charge in [-0.15, -0.1) is 0 Å². The minimum absolute atomic E-state index is 0.0578. The SMILES string of the molecule is O=C(O)[C@H]1CN(S(=O)(=O)c2ccc(Cl)cc2)CC[C@@H]1O. The van der Waals surface area contributed by atoms with E-state index in [0.29, 0.717) is 5.02 Å². The smallest absolute Gasteiger partial charge is 0.310 e. The van der Waals surface area contributed by atoms with Crippen LogP contribution in [0.2, 0.25) is 5.02 Å². The molecule has 6 nitrogen and oxygen atoms in total. The molecule has 0 spiro atoms. The fourth-order valence-corrected chi connectivity index (χ4v) is 3.73. The lowest BCUT2D eigenvalue weighted by Gasteiger charge is -2.33. The molecule has 0 bridgehead atoms. The average Bonchev–Trinajstić information content (AvgIpc) is 2.39. The predicted octanol–water partition coefficient (Wildman–Crippen LogP) is 0.796. The third kappa shape index (κ3) is 2.95. The monoisotopic (exact) mass is 319 g/mol. The molecule has 0 aromatic heterocycles. The van der Waals surface area contributed by atoms with Crippen LogP contribution in [0.15, 0.2) is 29.2 Å². The number of hydrogen-bond acceptors (Lipinski definition) is 4. The van der Waals surface area contributed by atoms with Gasteiger partial charge in [0.25, 0.3) is 0 Å². The van der Waals surface area contributed by atoms with Gasteiger partial charge >= 0.3 is 5.97 Å². The first kappa shape index (κ1) is 15.2. The Balaban J connectivity index is 2.26. The molecule has 1 heterocycles. The van der Waals surface area contributed by atoms with E-state index in [4.69, 9.17) is 16.7 Å². The molecule has 1 aromatic rings. The van der Waals surface area contributed by atoms with Gasteiger partial charge in [0.05, 0.1) is 16.9 Å². The van der Waals surface area contributed by atoms with Crippen LogP contribution in [0.4, 0.5) is 0 Å². The molecule has 0 radical (unpaired) electrons. The van der Waals surface area contributed by atoms with Crippen molar-refractivity contribution in [3.63, 3.8) is 0 Å². The number of aliphatic hydroxyl groups excluding tert-OH is 1. The normalized spacial score (nSPS) is 24.5. The Morgan fingerprint density at radius 3 is 2.45 bits per heavy atom. The number of carboxylic acid groups (broad SMARTS) is 1. The molecule has 1 aromatic carbocycles. The van der Waals surface area contributed by atoms with E-state index in [1.54, 1.807) is 0 Å². The first-order chi connectivity index (χ1) is 9.32. The van der Waals surface area contributed by atoms with Crippen LogP contribution >= 0.6 is 11.6 Å². The van der Waals surface area contributed by atoms with Gasteiger partial charge in [-0.05, 0) is 30.7 Å². The van der Waals surface area contributed by atoms with E-state index >= 15 is 0 Å². The average molecular weight is 320 g/mol. The van der Waals surface area contributed by atoms with Crippen LogP contribution in [0.3, 0.4) is 0 Å². The fourth-order valence-electron chi connectivity index (χ4n) is 2.13. The molecule has 20 heavy (non-hydrogen) atoms. The molecule has 0 saturated carbocycles. The van der Waals surface area contributed by atoms with Gasteiger partial charge < -0.3 is 10.2 Å². The number of halogens is 1. The van der Waals surface area contributed by atoms with E-state index < -0.39 is 28.0 Å². The zero-order valence-electron chi connectivity index (χ0n) is 10.4. The summed E-state index contributed by atoms with van der Waals surface area (Å²) in [6, 6.07) is 5.67. The number of sulfonamides is 1. The highest BCUT2D eigenvalue weighted by Crippen LogP contribution is 2.25. The minimum Gasteiger partial charge on any atom is -0.481 e. The van der Waals surface area contributed by atoms with E-state index in [1.165, 1.54) is 24.3 Å². The van der Waals surface area contributed by atoms with Gasteiger partial charge in [0.2, 0.25) is 10.0 Å². The van der Waals surface area contributed by atoms with Crippen molar-refractivity contribution in [3.05, 3.63) is 29.3 Å². The largest absolute Gasteiger partial charge is 0.481 e. The highest BCUT2D eigenvalue weighted by molar-refractivity contribution is 7.89. The summed E-state index contributed by atoms with van der Waals surface area (Å²) < 4.78 is 25.8. The zero-order valence-corrected chi connectivity index (χ0v) is 12.0. The standard InChI is InChI=1S/C12H14ClNO5S/c13-8-1-3-9(4-2-8)20(18,19)14-6-5-11(15)10(7-14)12(16)17/h1-4,10-11,15H,5-7H2,(H,16,17)/t10-,11-/m0/s1. The van der Waals surface area contributed by atoms with E-state index in [0.717, 1.165) is 4.31 Å². The van der Waals surface area contributed by atoms with Gasteiger partial charge in [0.15, 0.2) is 0 Å². The van der Waals surface area contributed by atoms with Crippen LogP contribution < -0.4 is 0 Å². The molecule has 1 aliphatic heterocycles. The van der Waals surface area contributed by atoms with Crippen molar-refractivity contribution in [2.75, 3.05) is 13.1 Å². The van der Waals surface area contributed by atoms with Crippen molar-refractivity contribution in [3.8, 4) is 0 Å². The number of aliphatic carboxylic acids is 1. The first-order valence-electron chi connectivity index (χ1n) is 5.99. The number of nitrogens with zero attached hydrogens (tertiary/aromatic N) is 1. The molecular formula is C12H14ClNO5S. The van der Waals surface area contributed by atoms with Crippen molar-refractivity contribution in [2.24, 2.45) is 5.92 Å². The zero-order chi connectivity index (χ0) is 14.9. The topological polar surface area (TPSA) is 94.9 Å². The fraction of sp³-hybridized carbons (Fsp3) is 0.417. The van der Waals surface area contributed by atoms with Gasteiger partial charge in [-0.2, -0.15) is 4.31 Å². The van der Waals surface area contributed by atoms with Crippen LogP contribution in [0.5, 0.6) is 0 Å². The maximum absolute atomic E-state index is 12.4. The Morgan fingerprint density at radius 2 is 1.90 bits per heavy atom. The van der Waals surface area contributed by atoms with Gasteiger partial charge in [-0.3, -0.25) is 4.79 Å². The molecular weight excluding hydrogens is 306 g/mol. The van der Waals surface area contributed by atoms with Crippen LogP contribution in [0, 0.1) is 5.92 Å². The molecule has 1 aliphatic rings. The van der Waals surface area contributed by atoms with E-state index in [9.17, 15) is 18.3 Å². The van der Waals surface area contributed by atoms with Crippen molar-refractivity contribution < 1.29 is 23.4 Å². The molecule has 1 fully saturated rings. The summed E-state index contributed by atoms with van der Waals surface area (Å²) >= 11 is 5.71. The molecule has 110 valence electrons. The van der Waals surface area contributed by atoms with Crippen LogP contribution in [-0.2, 0) is 14.8 Å². The minimum atomic E-state index is -3.77. The van der Waals surface area contributed by atoms with Crippen molar-refractivity contribution in [2.45, 2.75) is 17.4 Å². The summed E-state index contributed by atoms with van der Waals surface area (Å²) in [6.07, 6.45) is -0.923. The number of aliphatic hydroxyl groups is 1. The number of piperidine rings is 1. The molecule has 0 amide bonds. The van der Waals surface area contributed by atoms with E-state index in [-0.39, 0.29) is 24.4 Å². The second-order valence-electron chi connectivity index (χ2n) is 4.62. The van der Waals surface area contributed by atoms with E-state index in [2.05, 4.69) is 0 Å². The highest BCUT2D eigenvalue weighted by atomic mass is 35.5. The number of carbonyl (C=O) groups is 1. The summed E-state index contributed by atoms with van der Waals surface area (Å²) in [4.78, 5) is 11.1. The Kier molecular flexibility index (Phi) is 4.33. The molecule has 2 atom stereocenters.